The van der Waals surface area contributed by atoms with Crippen molar-refractivity contribution in [3.63, 3.8) is 0 Å². The van der Waals surface area contributed by atoms with Crippen LogP contribution in [0.3, 0.4) is 0 Å². The molecule has 2 atom stereocenters. The number of hydrogen-bond acceptors (Lipinski definition) is 3. The van der Waals surface area contributed by atoms with Gasteiger partial charge in [-0.2, -0.15) is 0 Å². The topological polar surface area (TPSA) is 67.2 Å². The summed E-state index contributed by atoms with van der Waals surface area (Å²) in [6.07, 6.45) is 6.88. The molecule has 6 heteroatoms. The first-order valence-electron chi connectivity index (χ1n) is 11.4. The van der Waals surface area contributed by atoms with E-state index in [0.717, 1.165) is 27.9 Å². The fourth-order valence-electron chi connectivity index (χ4n) is 4.53. The molecular formula is C27H30FN3O2. The van der Waals surface area contributed by atoms with Crippen LogP contribution in [0.2, 0.25) is 0 Å². The van der Waals surface area contributed by atoms with Crippen molar-refractivity contribution in [2.75, 3.05) is 6.54 Å². The molecule has 1 aliphatic carbocycles. The number of hydrogen-bond donors (Lipinski definition) is 2. The van der Waals surface area contributed by atoms with Gasteiger partial charge < -0.3 is 15.0 Å². The van der Waals surface area contributed by atoms with E-state index < -0.39 is 0 Å². The molecule has 1 aliphatic rings. The van der Waals surface area contributed by atoms with E-state index in [1.54, 1.807) is 12.3 Å². The number of rotatable bonds is 7. The normalized spacial score (nSPS) is 18.1. The number of aromatic nitrogens is 2. The van der Waals surface area contributed by atoms with Crippen molar-refractivity contribution in [2.24, 2.45) is 11.8 Å². The quantitative estimate of drug-likeness (QED) is 0.529. The van der Waals surface area contributed by atoms with E-state index >= 15 is 0 Å². The Hall–Kier alpha value is -3.25. The van der Waals surface area contributed by atoms with Crippen LogP contribution in [0, 0.1) is 11.8 Å². The van der Waals surface area contributed by atoms with Gasteiger partial charge in [-0.15, -0.1) is 0 Å². The predicted octanol–water partition coefficient (Wildman–Crippen LogP) is 5.11. The summed E-state index contributed by atoms with van der Waals surface area (Å²) in [6.45, 7) is 6.77. The average molecular weight is 448 g/mol. The van der Waals surface area contributed by atoms with Crippen molar-refractivity contribution in [2.45, 2.75) is 39.8 Å². The maximum atomic E-state index is 14.0. The van der Waals surface area contributed by atoms with Crippen LogP contribution in [-0.2, 0) is 13.2 Å². The minimum Gasteiger partial charge on any atom is -0.392 e. The van der Waals surface area contributed by atoms with Crippen molar-refractivity contribution >= 4 is 16.8 Å². The molecule has 2 aromatic heterocycles. The molecule has 0 aliphatic heterocycles. The third-order valence-corrected chi connectivity index (χ3v) is 6.36. The van der Waals surface area contributed by atoms with Crippen LogP contribution in [0.15, 0.2) is 66.6 Å². The lowest BCUT2D eigenvalue weighted by Gasteiger charge is -2.22. The molecule has 2 unspecified atom stereocenters. The second-order valence-electron chi connectivity index (χ2n) is 8.93. The van der Waals surface area contributed by atoms with Gasteiger partial charge in [0, 0.05) is 41.2 Å². The zero-order valence-corrected chi connectivity index (χ0v) is 19.3. The highest BCUT2D eigenvalue weighted by atomic mass is 19.1. The van der Waals surface area contributed by atoms with Gasteiger partial charge in [0.25, 0.3) is 5.91 Å². The minimum atomic E-state index is -0.266. The Morgan fingerprint density at radius 3 is 2.79 bits per heavy atom. The largest absolute Gasteiger partial charge is 0.392 e. The molecule has 0 fully saturated rings. The Balaban J connectivity index is 1.75. The van der Waals surface area contributed by atoms with Gasteiger partial charge in [-0.1, -0.05) is 51.1 Å². The Morgan fingerprint density at radius 2 is 2.09 bits per heavy atom. The Bertz CT molecular complexity index is 1210. The van der Waals surface area contributed by atoms with Crippen LogP contribution in [0.25, 0.3) is 10.9 Å². The van der Waals surface area contributed by atoms with E-state index in [9.17, 15) is 14.3 Å². The number of allylic oxidation sites excluding steroid dienone is 3. The smallest absolute Gasteiger partial charge is 0.253 e. The molecule has 172 valence electrons. The predicted molar refractivity (Wildman–Crippen MR) is 129 cm³/mol. The number of amides is 1. The van der Waals surface area contributed by atoms with Crippen molar-refractivity contribution in [3.8, 4) is 0 Å². The molecule has 4 rings (SSSR count). The summed E-state index contributed by atoms with van der Waals surface area (Å²) < 4.78 is 16.1. The third kappa shape index (κ3) is 4.62. The lowest BCUT2D eigenvalue weighted by Crippen LogP contribution is -2.32. The number of carbonyl (C=O) groups excluding carboxylic acids is 1. The zero-order chi connectivity index (χ0) is 23.5. The number of aliphatic hydroxyl groups is 1. The molecule has 3 aromatic rings. The second kappa shape index (κ2) is 9.71. The van der Waals surface area contributed by atoms with Crippen LogP contribution in [0.1, 0.15) is 54.0 Å². The Labute approximate surface area is 193 Å². The molecule has 2 N–H and O–H groups in total. The van der Waals surface area contributed by atoms with Gasteiger partial charge in [-0.25, -0.2) is 4.39 Å². The third-order valence-electron chi connectivity index (χ3n) is 6.36. The first-order valence-corrected chi connectivity index (χ1v) is 11.4. The van der Waals surface area contributed by atoms with Crippen LogP contribution >= 0.6 is 0 Å². The number of nitrogens with one attached hydrogen (secondary N) is 1. The fraction of sp³-hybridized carbons (Fsp3) is 0.333. The maximum absolute atomic E-state index is 14.0. The number of benzene rings is 1. The van der Waals surface area contributed by atoms with E-state index in [1.165, 1.54) is 6.08 Å². The molecular weight excluding hydrogens is 417 g/mol. The first-order chi connectivity index (χ1) is 15.9. The fourth-order valence-corrected chi connectivity index (χ4v) is 4.53. The van der Waals surface area contributed by atoms with Crippen molar-refractivity contribution < 1.29 is 14.3 Å². The number of pyridine rings is 1. The van der Waals surface area contributed by atoms with E-state index in [2.05, 4.69) is 28.7 Å². The number of fused-ring (bicyclic) bond motifs is 1. The maximum Gasteiger partial charge on any atom is 0.253 e. The molecule has 2 heterocycles. The molecule has 0 radical (unpaired) electrons. The minimum absolute atomic E-state index is 0.0752. The van der Waals surface area contributed by atoms with Gasteiger partial charge in [0.05, 0.1) is 24.4 Å². The summed E-state index contributed by atoms with van der Waals surface area (Å²) in [5.41, 5.74) is 4.11. The number of halogens is 1. The molecule has 0 bridgehead atoms. The van der Waals surface area contributed by atoms with Crippen LogP contribution in [-0.4, -0.2) is 27.1 Å². The Morgan fingerprint density at radius 1 is 1.27 bits per heavy atom. The van der Waals surface area contributed by atoms with Gasteiger partial charge >= 0.3 is 0 Å². The van der Waals surface area contributed by atoms with E-state index in [1.807, 2.05) is 49.4 Å². The highest BCUT2D eigenvalue weighted by Gasteiger charge is 2.27. The summed E-state index contributed by atoms with van der Waals surface area (Å²) in [5.74, 6) is -0.617. The first kappa shape index (κ1) is 22.9. The lowest BCUT2D eigenvalue weighted by molar-refractivity contribution is 0.0946. The van der Waals surface area contributed by atoms with Crippen LogP contribution in [0.5, 0.6) is 0 Å². The zero-order valence-electron chi connectivity index (χ0n) is 19.3. The van der Waals surface area contributed by atoms with Gasteiger partial charge in [0.1, 0.15) is 5.83 Å². The van der Waals surface area contributed by atoms with E-state index in [4.69, 9.17) is 0 Å². The number of carbonyl (C=O) groups is 1. The molecule has 1 aromatic carbocycles. The molecule has 5 nitrogen and oxygen atoms in total. The molecule has 0 spiro atoms. The highest BCUT2D eigenvalue weighted by molar-refractivity contribution is 6.08. The van der Waals surface area contributed by atoms with Gasteiger partial charge in [0.2, 0.25) is 0 Å². The van der Waals surface area contributed by atoms with Gasteiger partial charge in [-0.3, -0.25) is 9.78 Å². The van der Waals surface area contributed by atoms with Crippen molar-refractivity contribution in [3.05, 3.63) is 89.2 Å². The number of aliphatic hydroxyl groups excluding tert-OH is 1. The van der Waals surface area contributed by atoms with Gasteiger partial charge in [0.15, 0.2) is 0 Å². The highest BCUT2D eigenvalue weighted by Crippen LogP contribution is 2.33. The van der Waals surface area contributed by atoms with Crippen LogP contribution in [0.4, 0.5) is 4.39 Å². The standard InChI is InChI=1S/C27H30FN3O2/c1-17(2)26-25(27(33)30-14-20-7-6-9-23(28)18(20)3)22-11-10-19(16-32)13-24(22)31(26)15-21-8-4-5-12-29-21/h4-13,17-18,20,32H,14-16H2,1-3H3,(H,30,33). The summed E-state index contributed by atoms with van der Waals surface area (Å²) in [6, 6.07) is 11.5. The summed E-state index contributed by atoms with van der Waals surface area (Å²) in [5, 5.41) is 13.6. The SMILES string of the molecule is CC(C)c1c(C(=O)NCC2C=CC=C(F)C2C)c2ccc(CO)cc2n1Cc1ccccn1. The molecule has 0 saturated carbocycles. The second-order valence-corrected chi connectivity index (χ2v) is 8.93. The number of nitrogens with zero attached hydrogens (tertiary/aromatic N) is 2. The summed E-state index contributed by atoms with van der Waals surface area (Å²) in [4.78, 5) is 18.0. The van der Waals surface area contributed by atoms with E-state index in [0.29, 0.717) is 18.7 Å². The monoisotopic (exact) mass is 447 g/mol. The van der Waals surface area contributed by atoms with E-state index in [-0.39, 0.29) is 36.1 Å². The molecule has 0 saturated heterocycles. The lowest BCUT2D eigenvalue weighted by atomic mass is 9.89. The van der Waals surface area contributed by atoms with Crippen molar-refractivity contribution in [1.82, 2.24) is 14.9 Å². The van der Waals surface area contributed by atoms with Gasteiger partial charge in [-0.05, 0) is 35.8 Å². The average Bonchev–Trinajstić information content (AvgIpc) is 3.14. The van der Waals surface area contributed by atoms with Crippen molar-refractivity contribution in [1.29, 1.82) is 0 Å². The molecule has 33 heavy (non-hydrogen) atoms. The Kier molecular flexibility index (Phi) is 6.75. The summed E-state index contributed by atoms with van der Waals surface area (Å²) in [7, 11) is 0. The van der Waals surface area contributed by atoms with Crippen LogP contribution < -0.4 is 5.32 Å². The molecule has 1 amide bonds. The summed E-state index contributed by atoms with van der Waals surface area (Å²) >= 11 is 0.